The zero-order valence-electron chi connectivity index (χ0n) is 14.7. The fourth-order valence-electron chi connectivity index (χ4n) is 2.60. The number of amides is 1. The van der Waals surface area contributed by atoms with E-state index >= 15 is 0 Å². The molecule has 0 aliphatic carbocycles. The highest BCUT2D eigenvalue weighted by atomic mass is 16.6. The van der Waals surface area contributed by atoms with Crippen molar-refractivity contribution < 1.29 is 14.3 Å². The minimum atomic E-state index is -0.486. The van der Waals surface area contributed by atoms with Crippen LogP contribution < -0.4 is 5.32 Å². The van der Waals surface area contributed by atoms with Gasteiger partial charge in [-0.25, -0.2) is 4.79 Å². The van der Waals surface area contributed by atoms with Gasteiger partial charge in [-0.2, -0.15) is 5.10 Å². The first-order valence-corrected chi connectivity index (χ1v) is 8.08. The maximum Gasteiger partial charge on any atom is 0.410 e. The van der Waals surface area contributed by atoms with E-state index < -0.39 is 5.60 Å². The molecular weight excluding hydrogens is 296 g/mol. The van der Waals surface area contributed by atoms with E-state index in [-0.39, 0.29) is 18.2 Å². The highest BCUT2D eigenvalue weighted by Gasteiger charge is 2.37. The van der Waals surface area contributed by atoms with Gasteiger partial charge in [0, 0.05) is 38.5 Å². The van der Waals surface area contributed by atoms with Gasteiger partial charge in [0.1, 0.15) is 5.60 Å². The first kappa shape index (κ1) is 17.7. The molecule has 1 aliphatic heterocycles. The highest BCUT2D eigenvalue weighted by Crippen LogP contribution is 2.18. The van der Waals surface area contributed by atoms with Crippen LogP contribution >= 0.6 is 0 Å². The van der Waals surface area contributed by atoms with E-state index in [1.54, 1.807) is 12.0 Å². The van der Waals surface area contributed by atoms with Crippen molar-refractivity contribution in [3.05, 3.63) is 18.0 Å². The normalized spacial score (nSPS) is 21.7. The summed E-state index contributed by atoms with van der Waals surface area (Å²) in [6.45, 7) is 10.3. The lowest BCUT2D eigenvalue weighted by Crippen LogP contribution is -2.40. The minimum absolute atomic E-state index is 0.0382. The zero-order valence-corrected chi connectivity index (χ0v) is 14.7. The Balaban J connectivity index is 1.89. The van der Waals surface area contributed by atoms with Crippen LogP contribution in [0.4, 0.5) is 4.79 Å². The molecule has 2 rings (SSSR count). The number of carbonyl (C=O) groups is 1. The third-order valence-corrected chi connectivity index (χ3v) is 3.80. The summed E-state index contributed by atoms with van der Waals surface area (Å²) in [7, 11) is 1.67. The molecule has 1 aromatic rings. The SMILES string of the molecule is CCn1cc(CNC2CN(C(=O)OC(C)(C)C)C[C@@H]2OC)cn1. The number of hydrogen-bond donors (Lipinski definition) is 1. The van der Waals surface area contributed by atoms with Crippen LogP contribution in [0, 0.1) is 0 Å². The number of ether oxygens (including phenoxy) is 2. The van der Waals surface area contributed by atoms with Crippen molar-refractivity contribution in [2.24, 2.45) is 0 Å². The minimum Gasteiger partial charge on any atom is -0.444 e. The number of nitrogens with zero attached hydrogens (tertiary/aromatic N) is 3. The molecule has 1 saturated heterocycles. The van der Waals surface area contributed by atoms with Crippen molar-refractivity contribution in [2.75, 3.05) is 20.2 Å². The molecule has 0 spiro atoms. The molecule has 0 aromatic carbocycles. The average Bonchev–Trinajstić information content (AvgIpc) is 3.09. The van der Waals surface area contributed by atoms with E-state index in [2.05, 4.69) is 17.3 Å². The van der Waals surface area contributed by atoms with E-state index in [0.29, 0.717) is 19.6 Å². The maximum absolute atomic E-state index is 12.2. The predicted molar refractivity (Wildman–Crippen MR) is 87.1 cm³/mol. The summed E-state index contributed by atoms with van der Waals surface area (Å²) in [6, 6.07) is 0.0810. The fourth-order valence-corrected chi connectivity index (χ4v) is 2.60. The molecule has 1 aromatic heterocycles. The lowest BCUT2D eigenvalue weighted by Gasteiger charge is -2.24. The molecule has 7 heteroatoms. The Kier molecular flexibility index (Phi) is 5.64. The van der Waals surface area contributed by atoms with Gasteiger partial charge < -0.3 is 19.7 Å². The average molecular weight is 324 g/mol. The molecule has 23 heavy (non-hydrogen) atoms. The quantitative estimate of drug-likeness (QED) is 0.891. The van der Waals surface area contributed by atoms with Gasteiger partial charge in [-0.3, -0.25) is 4.68 Å². The second-order valence-electron chi connectivity index (χ2n) is 6.85. The number of likely N-dealkylation sites (tertiary alicyclic amines) is 1. The third kappa shape index (κ3) is 4.94. The predicted octanol–water partition coefficient (Wildman–Crippen LogP) is 1.63. The van der Waals surface area contributed by atoms with Gasteiger partial charge in [0.2, 0.25) is 0 Å². The summed E-state index contributed by atoms with van der Waals surface area (Å²) >= 11 is 0. The smallest absolute Gasteiger partial charge is 0.410 e. The van der Waals surface area contributed by atoms with Gasteiger partial charge in [0.15, 0.2) is 0 Å². The van der Waals surface area contributed by atoms with Gasteiger partial charge in [0.05, 0.1) is 24.9 Å². The Morgan fingerprint density at radius 3 is 2.74 bits per heavy atom. The van der Waals surface area contributed by atoms with E-state index in [9.17, 15) is 4.79 Å². The molecule has 1 unspecified atom stereocenters. The third-order valence-electron chi connectivity index (χ3n) is 3.80. The summed E-state index contributed by atoms with van der Waals surface area (Å²) in [5.41, 5.74) is 0.636. The number of nitrogens with one attached hydrogen (secondary N) is 1. The molecule has 1 aliphatic rings. The summed E-state index contributed by atoms with van der Waals surface area (Å²) in [5, 5.41) is 7.72. The number of methoxy groups -OCH3 is 1. The fraction of sp³-hybridized carbons (Fsp3) is 0.750. The van der Waals surface area contributed by atoms with Crippen LogP contribution in [0.15, 0.2) is 12.4 Å². The number of hydrogen-bond acceptors (Lipinski definition) is 5. The summed E-state index contributed by atoms with van der Waals surface area (Å²) < 4.78 is 12.8. The Bertz CT molecular complexity index is 524. The molecule has 7 nitrogen and oxygen atoms in total. The van der Waals surface area contributed by atoms with Crippen LogP contribution in [0.25, 0.3) is 0 Å². The van der Waals surface area contributed by atoms with E-state index in [0.717, 1.165) is 12.1 Å². The van der Waals surface area contributed by atoms with E-state index in [1.807, 2.05) is 37.8 Å². The summed E-state index contributed by atoms with van der Waals surface area (Å²) in [6.07, 6.45) is 3.56. The number of carbonyl (C=O) groups excluding carboxylic acids is 1. The highest BCUT2D eigenvalue weighted by molar-refractivity contribution is 5.68. The first-order chi connectivity index (χ1) is 10.8. The van der Waals surface area contributed by atoms with Crippen LogP contribution in [-0.4, -0.2) is 58.7 Å². The molecule has 1 N–H and O–H groups in total. The molecular formula is C16H28N4O3. The van der Waals surface area contributed by atoms with Crippen LogP contribution in [0.1, 0.15) is 33.3 Å². The molecule has 0 radical (unpaired) electrons. The first-order valence-electron chi connectivity index (χ1n) is 8.08. The van der Waals surface area contributed by atoms with Gasteiger partial charge in [-0.15, -0.1) is 0 Å². The lowest BCUT2D eigenvalue weighted by atomic mass is 10.2. The Morgan fingerprint density at radius 1 is 1.43 bits per heavy atom. The molecule has 2 atom stereocenters. The molecule has 0 saturated carbocycles. The molecule has 1 fully saturated rings. The molecule has 1 amide bonds. The van der Waals surface area contributed by atoms with Crippen molar-refractivity contribution in [1.29, 1.82) is 0 Å². The number of aromatic nitrogens is 2. The van der Waals surface area contributed by atoms with Gasteiger partial charge in [0.25, 0.3) is 0 Å². The summed E-state index contributed by atoms with van der Waals surface area (Å²) in [4.78, 5) is 13.9. The van der Waals surface area contributed by atoms with E-state index in [4.69, 9.17) is 9.47 Å². The van der Waals surface area contributed by atoms with Gasteiger partial charge >= 0.3 is 6.09 Å². The Labute approximate surface area is 137 Å². The van der Waals surface area contributed by atoms with Crippen LogP contribution in [0.3, 0.4) is 0 Å². The standard InChI is InChI=1S/C16H28N4O3/c1-6-20-9-12(8-18-20)7-17-13-10-19(11-14(13)22-5)15(21)23-16(2,3)4/h8-9,13-14,17H,6-7,10-11H2,1-5H3/t13?,14-/m0/s1. The van der Waals surface area contributed by atoms with Crippen LogP contribution in [-0.2, 0) is 22.6 Å². The summed E-state index contributed by atoms with van der Waals surface area (Å²) in [5.74, 6) is 0. The van der Waals surface area contributed by atoms with Crippen molar-refractivity contribution in [3.8, 4) is 0 Å². The Hall–Kier alpha value is -1.60. The number of rotatable bonds is 5. The molecule has 130 valence electrons. The molecule has 2 heterocycles. The number of aryl methyl sites for hydroxylation is 1. The molecule has 0 bridgehead atoms. The van der Waals surface area contributed by atoms with Gasteiger partial charge in [-0.1, -0.05) is 0 Å². The zero-order chi connectivity index (χ0) is 17.0. The van der Waals surface area contributed by atoms with Crippen molar-refractivity contribution in [1.82, 2.24) is 20.0 Å². The second kappa shape index (κ2) is 7.31. The Morgan fingerprint density at radius 2 is 2.17 bits per heavy atom. The largest absolute Gasteiger partial charge is 0.444 e. The maximum atomic E-state index is 12.2. The van der Waals surface area contributed by atoms with Crippen LogP contribution in [0.2, 0.25) is 0 Å². The van der Waals surface area contributed by atoms with Gasteiger partial charge in [-0.05, 0) is 27.7 Å². The topological polar surface area (TPSA) is 68.6 Å². The van der Waals surface area contributed by atoms with E-state index in [1.165, 1.54) is 0 Å². The van der Waals surface area contributed by atoms with Crippen molar-refractivity contribution in [3.63, 3.8) is 0 Å². The second-order valence-corrected chi connectivity index (χ2v) is 6.85. The van der Waals surface area contributed by atoms with Crippen molar-refractivity contribution in [2.45, 2.75) is 58.5 Å². The van der Waals surface area contributed by atoms with Crippen molar-refractivity contribution >= 4 is 6.09 Å². The lowest BCUT2D eigenvalue weighted by molar-refractivity contribution is 0.0252. The van der Waals surface area contributed by atoms with Crippen LogP contribution in [0.5, 0.6) is 0 Å². The monoisotopic (exact) mass is 324 g/mol.